The van der Waals surface area contributed by atoms with E-state index in [0.29, 0.717) is 9.03 Å². The molecule has 0 heterocycles. The average molecular weight is 262 g/mol. The second kappa shape index (κ2) is 3.05. The van der Waals surface area contributed by atoms with Gasteiger partial charge in [-0.15, -0.1) is 0 Å². The van der Waals surface area contributed by atoms with Crippen LogP contribution in [0.1, 0.15) is 0 Å². The van der Waals surface area contributed by atoms with E-state index in [-0.39, 0.29) is 5.75 Å². The van der Waals surface area contributed by atoms with E-state index in [0.717, 1.165) is 5.46 Å². The second-order valence-electron chi connectivity index (χ2n) is 2.46. The molecule has 0 aliphatic heterocycles. The quantitative estimate of drug-likeness (QED) is 0.452. The van der Waals surface area contributed by atoms with Gasteiger partial charge in [0.15, 0.2) is 11.6 Å². The molecule has 11 heavy (non-hydrogen) atoms. The minimum absolute atomic E-state index is 0.242. The molecule has 5 heteroatoms. The highest BCUT2D eigenvalue weighted by molar-refractivity contribution is 14.1. The molecular formula is C6H6B2FIO. The third-order valence-corrected chi connectivity index (χ3v) is 2.52. The molecule has 0 radical (unpaired) electrons. The molecule has 1 aromatic rings. The molecule has 1 N–H and O–H groups in total. The lowest BCUT2D eigenvalue weighted by atomic mass is 9.80. The molecule has 1 rings (SSSR count). The molecule has 0 bridgehead atoms. The fraction of sp³-hybridized carbons (Fsp3) is 0. The molecule has 0 atom stereocenters. The maximum absolute atomic E-state index is 13.0. The summed E-state index contributed by atoms with van der Waals surface area (Å²) in [6.07, 6.45) is 0. The van der Waals surface area contributed by atoms with E-state index in [1.807, 2.05) is 30.4 Å². The largest absolute Gasteiger partial charge is 0.504 e. The van der Waals surface area contributed by atoms with Crippen LogP contribution in [0.4, 0.5) is 4.39 Å². The molecule has 0 saturated heterocycles. The number of hydrogen-bond acceptors (Lipinski definition) is 1. The maximum Gasteiger partial charge on any atom is 0.164 e. The Bertz CT molecular complexity index is 277. The molecule has 0 spiro atoms. The summed E-state index contributed by atoms with van der Waals surface area (Å²) >= 11 is 1.90. The van der Waals surface area contributed by atoms with Crippen molar-refractivity contribution < 1.29 is 9.50 Å². The lowest BCUT2D eigenvalue weighted by Gasteiger charge is -2.05. The van der Waals surface area contributed by atoms with E-state index < -0.39 is 5.82 Å². The minimum Gasteiger partial charge on any atom is -0.504 e. The Balaban J connectivity index is 3.46. The Morgan fingerprint density at radius 2 is 2.00 bits per heavy atom. The zero-order valence-corrected chi connectivity index (χ0v) is 8.44. The van der Waals surface area contributed by atoms with Gasteiger partial charge in [0.2, 0.25) is 0 Å². The molecule has 0 aliphatic carbocycles. The number of halogens is 2. The number of phenols is 1. The van der Waals surface area contributed by atoms with Gasteiger partial charge >= 0.3 is 0 Å². The van der Waals surface area contributed by atoms with Gasteiger partial charge in [0.05, 0.1) is 3.57 Å². The number of phenolic OH excluding ortho intramolecular Hbond substituents is 1. The van der Waals surface area contributed by atoms with E-state index in [1.54, 1.807) is 13.9 Å². The van der Waals surface area contributed by atoms with Crippen LogP contribution in [0.15, 0.2) is 6.07 Å². The second-order valence-corrected chi connectivity index (χ2v) is 3.63. The predicted molar refractivity (Wildman–Crippen MR) is 57.1 cm³/mol. The van der Waals surface area contributed by atoms with Crippen LogP contribution in [0.5, 0.6) is 5.75 Å². The molecule has 0 unspecified atom stereocenters. The summed E-state index contributed by atoms with van der Waals surface area (Å²) in [5.74, 6) is -0.747. The normalized spacial score (nSPS) is 10.0. The Morgan fingerprint density at radius 1 is 1.45 bits per heavy atom. The molecule has 0 saturated carbocycles. The first kappa shape index (κ1) is 8.90. The molecule has 0 aliphatic rings. The highest BCUT2D eigenvalue weighted by Crippen LogP contribution is 2.19. The van der Waals surface area contributed by atoms with Crippen LogP contribution in [0.2, 0.25) is 0 Å². The van der Waals surface area contributed by atoms with Crippen molar-refractivity contribution in [1.82, 2.24) is 0 Å². The van der Waals surface area contributed by atoms with Gasteiger partial charge in [0, 0.05) is 0 Å². The Labute approximate surface area is 80.0 Å². The summed E-state index contributed by atoms with van der Waals surface area (Å²) in [4.78, 5) is 0. The highest BCUT2D eigenvalue weighted by Gasteiger charge is 2.09. The fourth-order valence-electron chi connectivity index (χ4n) is 0.822. The standard InChI is InChI=1S/C6H6B2FIO/c7-2-1-3(10)6(11)5(9)4(2)8/h1,11H,7-8H2. The first-order valence-electron chi connectivity index (χ1n) is 3.18. The van der Waals surface area contributed by atoms with Crippen molar-refractivity contribution in [2.45, 2.75) is 0 Å². The SMILES string of the molecule is Bc1cc(I)c(O)c(F)c1B. The lowest BCUT2D eigenvalue weighted by Crippen LogP contribution is -2.29. The molecule has 1 aromatic carbocycles. The van der Waals surface area contributed by atoms with Gasteiger partial charge in [0.1, 0.15) is 15.7 Å². The topological polar surface area (TPSA) is 20.2 Å². The van der Waals surface area contributed by atoms with Crippen molar-refractivity contribution in [2.24, 2.45) is 0 Å². The monoisotopic (exact) mass is 262 g/mol. The van der Waals surface area contributed by atoms with Crippen LogP contribution in [0.25, 0.3) is 0 Å². The summed E-state index contributed by atoms with van der Waals surface area (Å²) in [7, 11) is 3.47. The van der Waals surface area contributed by atoms with Crippen LogP contribution in [0.3, 0.4) is 0 Å². The highest BCUT2D eigenvalue weighted by atomic mass is 127. The average Bonchev–Trinajstić information content (AvgIpc) is 1.97. The third kappa shape index (κ3) is 1.52. The van der Waals surface area contributed by atoms with Crippen molar-refractivity contribution in [1.29, 1.82) is 0 Å². The van der Waals surface area contributed by atoms with Gasteiger partial charge in [-0.1, -0.05) is 17.0 Å². The van der Waals surface area contributed by atoms with Crippen molar-refractivity contribution in [3.63, 3.8) is 0 Å². The number of benzene rings is 1. The Hall–Kier alpha value is -0.190. The first-order valence-corrected chi connectivity index (χ1v) is 4.26. The number of aromatic hydroxyl groups is 1. The van der Waals surface area contributed by atoms with Crippen LogP contribution in [-0.2, 0) is 0 Å². The molecular weight excluding hydrogens is 256 g/mol. The molecule has 0 aromatic heterocycles. The van der Waals surface area contributed by atoms with Crippen molar-refractivity contribution in [2.75, 3.05) is 0 Å². The first-order chi connectivity index (χ1) is 5.04. The van der Waals surface area contributed by atoms with E-state index >= 15 is 0 Å². The van der Waals surface area contributed by atoms with E-state index in [1.165, 1.54) is 0 Å². The predicted octanol–water partition coefficient (Wildman–Crippen LogP) is -1.35. The smallest absolute Gasteiger partial charge is 0.164 e. The lowest BCUT2D eigenvalue weighted by molar-refractivity contribution is 0.431. The summed E-state index contributed by atoms with van der Waals surface area (Å²) < 4.78 is 13.6. The Kier molecular flexibility index (Phi) is 2.47. The van der Waals surface area contributed by atoms with Gasteiger partial charge in [-0.2, -0.15) is 0 Å². The molecule has 0 fully saturated rings. The molecule has 0 amide bonds. The van der Waals surface area contributed by atoms with Gasteiger partial charge in [-0.25, -0.2) is 4.39 Å². The van der Waals surface area contributed by atoms with E-state index in [4.69, 9.17) is 5.11 Å². The van der Waals surface area contributed by atoms with Gasteiger partial charge < -0.3 is 5.11 Å². The maximum atomic E-state index is 13.0. The summed E-state index contributed by atoms with van der Waals surface area (Å²) in [5.41, 5.74) is 1.38. The van der Waals surface area contributed by atoms with E-state index in [2.05, 4.69) is 0 Å². The number of hydrogen-bond donors (Lipinski definition) is 1. The van der Waals surface area contributed by atoms with Crippen molar-refractivity contribution in [3.8, 4) is 5.75 Å². The molecule has 56 valence electrons. The summed E-state index contributed by atoms with van der Waals surface area (Å²) in [5, 5.41) is 9.13. The summed E-state index contributed by atoms with van der Waals surface area (Å²) in [6.45, 7) is 0. The van der Waals surface area contributed by atoms with Crippen molar-refractivity contribution >= 4 is 49.2 Å². The zero-order chi connectivity index (χ0) is 8.59. The van der Waals surface area contributed by atoms with Crippen LogP contribution in [0, 0.1) is 9.39 Å². The fourth-order valence-corrected chi connectivity index (χ4v) is 1.53. The third-order valence-electron chi connectivity index (χ3n) is 1.70. The zero-order valence-electron chi connectivity index (χ0n) is 6.28. The molecule has 1 nitrogen and oxygen atoms in total. The number of rotatable bonds is 0. The van der Waals surface area contributed by atoms with Gasteiger partial charge in [-0.05, 0) is 22.6 Å². The van der Waals surface area contributed by atoms with Crippen molar-refractivity contribution in [3.05, 3.63) is 15.5 Å². The van der Waals surface area contributed by atoms with Gasteiger partial charge in [-0.3, -0.25) is 0 Å². The van der Waals surface area contributed by atoms with Gasteiger partial charge in [0.25, 0.3) is 0 Å². The summed E-state index contributed by atoms with van der Waals surface area (Å²) in [6, 6.07) is 1.76. The minimum atomic E-state index is -0.505. The Morgan fingerprint density at radius 3 is 2.55 bits per heavy atom. The van der Waals surface area contributed by atoms with Crippen LogP contribution >= 0.6 is 22.6 Å². The van der Waals surface area contributed by atoms with Crippen LogP contribution < -0.4 is 10.9 Å². The van der Waals surface area contributed by atoms with Crippen LogP contribution in [-0.4, -0.2) is 20.8 Å². The van der Waals surface area contributed by atoms with E-state index in [9.17, 15) is 4.39 Å².